The molecule has 2 N–H and O–H groups in total. The van der Waals surface area contributed by atoms with Crippen LogP contribution in [0.25, 0.3) is 22.6 Å². The number of aryl methyl sites for hydroxylation is 1. The largest absolute Gasteiger partial charge is 0.361 e. The molecule has 1 saturated carbocycles. The molecule has 1 aromatic carbocycles. The second kappa shape index (κ2) is 6.16. The van der Waals surface area contributed by atoms with Crippen molar-refractivity contribution in [2.24, 2.45) is 5.41 Å². The Balaban J connectivity index is 1.51. The van der Waals surface area contributed by atoms with Gasteiger partial charge in [-0.3, -0.25) is 4.79 Å². The van der Waals surface area contributed by atoms with Crippen LogP contribution in [-0.4, -0.2) is 16.0 Å². The predicted octanol–water partition coefficient (Wildman–Crippen LogP) is 4.44. The zero-order valence-electron chi connectivity index (χ0n) is 15.3. The number of H-pyrrole nitrogens is 1. The highest BCUT2D eigenvalue weighted by Crippen LogP contribution is 2.45. The molecule has 0 atom stereocenters. The van der Waals surface area contributed by atoms with Gasteiger partial charge < -0.3 is 14.8 Å². The number of carbonyl (C=O) groups excluding carboxylic acids is 1. The van der Waals surface area contributed by atoms with Gasteiger partial charge in [0.2, 0.25) is 5.91 Å². The molecule has 0 radical (unpaired) electrons. The molecule has 4 rings (SSSR count). The van der Waals surface area contributed by atoms with E-state index in [2.05, 4.69) is 45.8 Å². The number of hydrogen-bond acceptors (Lipinski definition) is 3. The van der Waals surface area contributed by atoms with Crippen LogP contribution in [0.5, 0.6) is 0 Å². The molecule has 134 valence electrons. The molecule has 1 fully saturated rings. The fraction of sp³-hybridized carbons (Fsp3) is 0.333. The Labute approximate surface area is 152 Å². The van der Waals surface area contributed by atoms with Crippen molar-refractivity contribution < 1.29 is 9.32 Å². The van der Waals surface area contributed by atoms with Crippen LogP contribution >= 0.6 is 0 Å². The number of rotatable bonds is 5. The van der Waals surface area contributed by atoms with Crippen molar-refractivity contribution in [1.29, 1.82) is 0 Å². The van der Waals surface area contributed by atoms with Crippen LogP contribution in [0.15, 0.2) is 34.9 Å². The highest BCUT2D eigenvalue weighted by atomic mass is 16.5. The first-order chi connectivity index (χ1) is 12.4. The lowest BCUT2D eigenvalue weighted by molar-refractivity contribution is -0.125. The molecule has 0 saturated heterocycles. The number of nitrogens with zero attached hydrogens (tertiary/aromatic N) is 1. The van der Waals surface area contributed by atoms with Gasteiger partial charge in [-0.2, -0.15) is 0 Å². The van der Waals surface area contributed by atoms with Crippen molar-refractivity contribution in [2.75, 3.05) is 0 Å². The zero-order chi connectivity index (χ0) is 18.3. The molecule has 1 amide bonds. The lowest BCUT2D eigenvalue weighted by Gasteiger charge is -2.08. The maximum absolute atomic E-state index is 12.1. The fourth-order valence-electron chi connectivity index (χ4n) is 3.07. The van der Waals surface area contributed by atoms with Crippen LogP contribution in [-0.2, 0) is 11.3 Å². The van der Waals surface area contributed by atoms with E-state index >= 15 is 0 Å². The van der Waals surface area contributed by atoms with E-state index in [1.54, 1.807) is 0 Å². The lowest BCUT2D eigenvalue weighted by Crippen LogP contribution is -2.29. The first-order valence-corrected chi connectivity index (χ1v) is 8.95. The van der Waals surface area contributed by atoms with Crippen LogP contribution in [0.1, 0.15) is 49.4 Å². The summed E-state index contributed by atoms with van der Waals surface area (Å²) in [5.74, 6) is 0.956. The average Bonchev–Trinajstić information content (AvgIpc) is 3.04. The summed E-state index contributed by atoms with van der Waals surface area (Å²) in [6.07, 6.45) is 4.07. The number of aromatic amines is 1. The molecular weight excluding hydrogens is 326 g/mol. The van der Waals surface area contributed by atoms with Crippen molar-refractivity contribution in [3.8, 4) is 0 Å². The Hall–Kier alpha value is -2.82. The smallest absolute Gasteiger partial charge is 0.226 e. The first kappa shape index (κ1) is 16.6. The van der Waals surface area contributed by atoms with Crippen LogP contribution in [0.3, 0.4) is 0 Å². The Morgan fingerprint density at radius 3 is 2.85 bits per heavy atom. The molecule has 0 unspecified atom stereocenters. The summed E-state index contributed by atoms with van der Waals surface area (Å²) in [5, 5.41) is 8.22. The van der Waals surface area contributed by atoms with Gasteiger partial charge in [0.15, 0.2) is 0 Å². The Kier molecular flexibility index (Phi) is 3.94. The van der Waals surface area contributed by atoms with E-state index in [1.807, 2.05) is 26.8 Å². The molecule has 3 aromatic rings. The minimum atomic E-state index is -0.138. The van der Waals surface area contributed by atoms with Gasteiger partial charge in [0.05, 0.1) is 6.54 Å². The van der Waals surface area contributed by atoms with E-state index < -0.39 is 0 Å². The maximum atomic E-state index is 12.1. The van der Waals surface area contributed by atoms with Crippen LogP contribution in [0.2, 0.25) is 0 Å². The molecule has 26 heavy (non-hydrogen) atoms. The van der Waals surface area contributed by atoms with Gasteiger partial charge in [0.25, 0.3) is 0 Å². The van der Waals surface area contributed by atoms with Crippen molar-refractivity contribution in [2.45, 2.75) is 40.2 Å². The first-order valence-electron chi connectivity index (χ1n) is 8.95. The molecule has 5 heteroatoms. The van der Waals surface area contributed by atoms with Gasteiger partial charge >= 0.3 is 0 Å². The van der Waals surface area contributed by atoms with E-state index in [4.69, 9.17) is 4.52 Å². The second-order valence-electron chi connectivity index (χ2n) is 7.53. The standard InChI is InChI=1S/C21H23N3O2/c1-13(18-9-14(2)26-24-18)8-15-4-5-16-11-17(23-19(16)10-15)12-22-20(25)21(3)6-7-21/h4-5,8-11,23H,6-7,12H2,1-3H3,(H,22,25)/b13-8+. The Bertz CT molecular complexity index is 1010. The summed E-state index contributed by atoms with van der Waals surface area (Å²) in [6, 6.07) is 10.3. The summed E-state index contributed by atoms with van der Waals surface area (Å²) < 4.78 is 5.14. The average molecular weight is 349 g/mol. The van der Waals surface area contributed by atoms with Crippen molar-refractivity contribution in [3.63, 3.8) is 0 Å². The molecule has 2 heterocycles. The number of aromatic nitrogens is 2. The van der Waals surface area contributed by atoms with Crippen LogP contribution in [0.4, 0.5) is 0 Å². The van der Waals surface area contributed by atoms with E-state index in [-0.39, 0.29) is 11.3 Å². The quantitative estimate of drug-likeness (QED) is 0.715. The summed E-state index contributed by atoms with van der Waals surface area (Å²) in [6.45, 7) is 6.46. The number of allylic oxidation sites excluding steroid dienone is 1. The number of amides is 1. The summed E-state index contributed by atoms with van der Waals surface area (Å²) in [4.78, 5) is 15.5. The zero-order valence-corrected chi connectivity index (χ0v) is 15.3. The normalized spacial score (nSPS) is 16.0. The molecule has 5 nitrogen and oxygen atoms in total. The van der Waals surface area contributed by atoms with E-state index in [9.17, 15) is 4.79 Å². The number of carbonyl (C=O) groups is 1. The van der Waals surface area contributed by atoms with Gasteiger partial charge in [0, 0.05) is 22.7 Å². The topological polar surface area (TPSA) is 70.9 Å². The third-order valence-electron chi connectivity index (χ3n) is 5.11. The van der Waals surface area contributed by atoms with E-state index in [0.717, 1.165) is 52.0 Å². The molecular formula is C21H23N3O2. The molecule has 0 bridgehead atoms. The van der Waals surface area contributed by atoms with Gasteiger partial charge in [0.1, 0.15) is 11.5 Å². The number of fused-ring (bicyclic) bond motifs is 1. The molecule has 0 spiro atoms. The van der Waals surface area contributed by atoms with Crippen LogP contribution < -0.4 is 5.32 Å². The van der Waals surface area contributed by atoms with E-state index in [1.165, 1.54) is 0 Å². The number of nitrogens with one attached hydrogen (secondary N) is 2. The van der Waals surface area contributed by atoms with E-state index in [0.29, 0.717) is 6.54 Å². The summed E-state index contributed by atoms with van der Waals surface area (Å²) >= 11 is 0. The van der Waals surface area contributed by atoms with Crippen molar-refractivity contribution in [3.05, 3.63) is 53.0 Å². The molecule has 2 aromatic heterocycles. The highest BCUT2D eigenvalue weighted by Gasteiger charge is 2.44. The Morgan fingerprint density at radius 2 is 2.15 bits per heavy atom. The minimum absolute atomic E-state index is 0.138. The highest BCUT2D eigenvalue weighted by molar-refractivity contribution is 5.87. The summed E-state index contributed by atoms with van der Waals surface area (Å²) in [7, 11) is 0. The molecule has 0 aliphatic heterocycles. The maximum Gasteiger partial charge on any atom is 0.226 e. The molecule has 1 aliphatic rings. The van der Waals surface area contributed by atoms with Gasteiger partial charge in [-0.1, -0.05) is 24.2 Å². The van der Waals surface area contributed by atoms with Crippen molar-refractivity contribution >= 4 is 28.5 Å². The fourth-order valence-corrected chi connectivity index (χ4v) is 3.07. The summed E-state index contributed by atoms with van der Waals surface area (Å²) in [5.41, 5.74) is 4.94. The third kappa shape index (κ3) is 3.29. The van der Waals surface area contributed by atoms with Crippen LogP contribution in [0, 0.1) is 12.3 Å². The SMILES string of the molecule is C/C(=C\c1ccc2cc(CNC(=O)C3(C)CC3)[nH]c2c1)c1cc(C)on1. The molecule has 1 aliphatic carbocycles. The van der Waals surface area contributed by atoms with Gasteiger partial charge in [-0.05, 0) is 61.4 Å². The number of benzene rings is 1. The number of hydrogen-bond donors (Lipinski definition) is 2. The predicted molar refractivity (Wildman–Crippen MR) is 102 cm³/mol. The van der Waals surface area contributed by atoms with Gasteiger partial charge in [-0.15, -0.1) is 0 Å². The van der Waals surface area contributed by atoms with Gasteiger partial charge in [-0.25, -0.2) is 0 Å². The monoisotopic (exact) mass is 349 g/mol. The third-order valence-corrected chi connectivity index (χ3v) is 5.11. The second-order valence-corrected chi connectivity index (χ2v) is 7.53. The minimum Gasteiger partial charge on any atom is -0.361 e. The van der Waals surface area contributed by atoms with Crippen molar-refractivity contribution in [1.82, 2.24) is 15.5 Å². The lowest BCUT2D eigenvalue weighted by atomic mass is 10.1. The Morgan fingerprint density at radius 1 is 1.35 bits per heavy atom.